The number of aromatic nitrogens is 2. The summed E-state index contributed by atoms with van der Waals surface area (Å²) in [5, 5.41) is 4.80. The van der Waals surface area contributed by atoms with E-state index >= 15 is 0 Å². The second kappa shape index (κ2) is 8.57. The normalized spacial score (nSPS) is 17.7. The zero-order valence-electron chi connectivity index (χ0n) is 18.0. The number of rotatable bonds is 4. The van der Waals surface area contributed by atoms with Crippen LogP contribution in [0.1, 0.15) is 41.4 Å². The predicted molar refractivity (Wildman–Crippen MR) is 120 cm³/mol. The topological polar surface area (TPSA) is 117 Å². The highest BCUT2D eigenvalue weighted by Crippen LogP contribution is 2.38. The van der Waals surface area contributed by atoms with Gasteiger partial charge in [-0.2, -0.15) is 5.10 Å². The Hall–Kier alpha value is -3.88. The maximum absolute atomic E-state index is 13.3. The van der Waals surface area contributed by atoms with Crippen LogP contribution in [0.3, 0.4) is 0 Å². The number of carbonyl (C=O) groups is 2. The molecular formula is C24H24N4O5. The van der Waals surface area contributed by atoms with Gasteiger partial charge in [0.25, 0.3) is 11.5 Å². The number of primary amides is 1. The molecule has 2 aliphatic rings. The lowest BCUT2D eigenvalue weighted by Gasteiger charge is -2.26. The molecule has 0 aliphatic carbocycles. The van der Waals surface area contributed by atoms with Gasteiger partial charge in [-0.1, -0.05) is 24.3 Å². The maximum Gasteiger partial charge on any atom is 0.275 e. The van der Waals surface area contributed by atoms with Gasteiger partial charge in [-0.25, -0.2) is 4.68 Å². The summed E-state index contributed by atoms with van der Waals surface area (Å²) in [4.78, 5) is 39.9. The van der Waals surface area contributed by atoms with Crippen LogP contribution < -0.4 is 20.8 Å². The molecule has 3 aromatic rings. The molecule has 2 aromatic carbocycles. The van der Waals surface area contributed by atoms with Crippen molar-refractivity contribution in [2.75, 3.05) is 19.8 Å². The first-order chi connectivity index (χ1) is 16.0. The zero-order chi connectivity index (χ0) is 22.9. The Balaban J connectivity index is 1.44. The van der Waals surface area contributed by atoms with Crippen LogP contribution in [0.2, 0.25) is 0 Å². The number of fused-ring (bicyclic) bond motifs is 2. The Labute approximate surface area is 189 Å². The summed E-state index contributed by atoms with van der Waals surface area (Å²) in [6, 6.07) is 12.3. The van der Waals surface area contributed by atoms with E-state index in [4.69, 9.17) is 15.2 Å². The van der Waals surface area contributed by atoms with Gasteiger partial charge >= 0.3 is 0 Å². The van der Waals surface area contributed by atoms with Crippen LogP contribution in [0.5, 0.6) is 11.5 Å². The van der Waals surface area contributed by atoms with E-state index in [-0.39, 0.29) is 24.2 Å². The highest BCUT2D eigenvalue weighted by atomic mass is 16.5. The summed E-state index contributed by atoms with van der Waals surface area (Å²) in [7, 11) is 0. The van der Waals surface area contributed by atoms with Gasteiger partial charge in [0.1, 0.15) is 6.54 Å². The lowest BCUT2D eigenvalue weighted by atomic mass is 10.0. The van der Waals surface area contributed by atoms with Gasteiger partial charge in [0.15, 0.2) is 17.2 Å². The molecular weight excluding hydrogens is 424 g/mol. The number of nitrogens with zero attached hydrogens (tertiary/aromatic N) is 3. The minimum absolute atomic E-state index is 0.0288. The number of likely N-dealkylation sites (tertiary alicyclic amines) is 1. The van der Waals surface area contributed by atoms with Crippen LogP contribution in [0.15, 0.2) is 47.3 Å². The molecule has 1 saturated heterocycles. The van der Waals surface area contributed by atoms with Crippen molar-refractivity contribution in [2.45, 2.75) is 31.8 Å². The predicted octanol–water partition coefficient (Wildman–Crippen LogP) is 2.02. The monoisotopic (exact) mass is 448 g/mol. The first-order valence-electron chi connectivity index (χ1n) is 11.0. The SMILES string of the molecule is NC(=O)c1nn(CC(=O)N2CCCC2c2ccc3c(c2)OCCCO3)c(=O)c2ccccc12. The molecule has 33 heavy (non-hydrogen) atoms. The van der Waals surface area contributed by atoms with Crippen molar-refractivity contribution < 1.29 is 19.1 Å². The molecule has 3 heterocycles. The van der Waals surface area contributed by atoms with Crippen LogP contribution in [0.4, 0.5) is 0 Å². The van der Waals surface area contributed by atoms with E-state index < -0.39 is 11.5 Å². The molecule has 2 amide bonds. The molecule has 170 valence electrons. The van der Waals surface area contributed by atoms with Crippen molar-refractivity contribution >= 4 is 22.6 Å². The molecule has 0 bridgehead atoms. The number of ether oxygens (including phenoxy) is 2. The number of nitrogens with two attached hydrogens (primary N) is 1. The Kier molecular flexibility index (Phi) is 5.45. The van der Waals surface area contributed by atoms with Crippen molar-refractivity contribution in [1.82, 2.24) is 14.7 Å². The van der Waals surface area contributed by atoms with Crippen molar-refractivity contribution in [3.63, 3.8) is 0 Å². The van der Waals surface area contributed by atoms with Crippen LogP contribution >= 0.6 is 0 Å². The van der Waals surface area contributed by atoms with E-state index in [0.717, 1.165) is 29.5 Å². The van der Waals surface area contributed by atoms with Crippen molar-refractivity contribution in [3.05, 3.63) is 64.1 Å². The van der Waals surface area contributed by atoms with Gasteiger partial charge in [0.2, 0.25) is 5.91 Å². The van der Waals surface area contributed by atoms with Gasteiger partial charge in [-0.15, -0.1) is 0 Å². The van der Waals surface area contributed by atoms with Crippen molar-refractivity contribution in [3.8, 4) is 11.5 Å². The van der Waals surface area contributed by atoms with Gasteiger partial charge in [0.05, 0.1) is 24.6 Å². The van der Waals surface area contributed by atoms with E-state index in [2.05, 4.69) is 5.10 Å². The minimum Gasteiger partial charge on any atom is -0.490 e. The molecule has 0 spiro atoms. The van der Waals surface area contributed by atoms with Crippen LogP contribution in [0, 0.1) is 0 Å². The maximum atomic E-state index is 13.3. The summed E-state index contributed by atoms with van der Waals surface area (Å²) in [5.41, 5.74) is 5.98. The summed E-state index contributed by atoms with van der Waals surface area (Å²) >= 11 is 0. The quantitative estimate of drug-likeness (QED) is 0.653. The molecule has 0 radical (unpaired) electrons. The van der Waals surface area contributed by atoms with Crippen LogP contribution in [-0.4, -0.2) is 46.3 Å². The summed E-state index contributed by atoms with van der Waals surface area (Å²) < 4.78 is 12.5. The van der Waals surface area contributed by atoms with Gasteiger partial charge in [-0.05, 0) is 36.6 Å². The molecule has 1 fully saturated rings. The Morgan fingerprint density at radius 3 is 2.58 bits per heavy atom. The molecule has 1 unspecified atom stereocenters. The van der Waals surface area contributed by atoms with Crippen LogP contribution in [0.25, 0.3) is 10.8 Å². The highest BCUT2D eigenvalue weighted by molar-refractivity contribution is 6.04. The fraction of sp³-hybridized carbons (Fsp3) is 0.333. The molecule has 1 aromatic heterocycles. The number of hydrogen-bond acceptors (Lipinski definition) is 6. The van der Waals surface area contributed by atoms with E-state index in [1.165, 1.54) is 0 Å². The molecule has 2 N–H and O–H groups in total. The van der Waals surface area contributed by atoms with E-state index in [0.29, 0.717) is 42.0 Å². The van der Waals surface area contributed by atoms with Crippen molar-refractivity contribution in [1.29, 1.82) is 0 Å². The van der Waals surface area contributed by atoms with Crippen LogP contribution in [-0.2, 0) is 11.3 Å². The molecule has 1 atom stereocenters. The Morgan fingerprint density at radius 1 is 1.03 bits per heavy atom. The van der Waals surface area contributed by atoms with E-state index in [1.807, 2.05) is 18.2 Å². The second-order valence-corrected chi connectivity index (χ2v) is 8.22. The average molecular weight is 448 g/mol. The van der Waals surface area contributed by atoms with E-state index in [9.17, 15) is 14.4 Å². The summed E-state index contributed by atoms with van der Waals surface area (Å²) in [6.45, 7) is 1.50. The molecule has 9 heteroatoms. The largest absolute Gasteiger partial charge is 0.490 e. The number of hydrogen-bond donors (Lipinski definition) is 1. The van der Waals surface area contributed by atoms with Gasteiger partial charge < -0.3 is 20.1 Å². The Bertz CT molecular complexity index is 1300. The molecule has 5 rings (SSSR count). The number of benzene rings is 2. The summed E-state index contributed by atoms with van der Waals surface area (Å²) in [6.07, 6.45) is 2.47. The lowest BCUT2D eigenvalue weighted by molar-refractivity contribution is -0.133. The van der Waals surface area contributed by atoms with E-state index in [1.54, 1.807) is 29.2 Å². The standard InChI is InChI=1S/C24H24N4O5/c25-23(30)22-16-5-1-2-6-17(16)24(31)28(26-22)14-21(29)27-10-3-7-18(27)15-8-9-19-20(13-15)33-12-4-11-32-19/h1-2,5-6,8-9,13,18H,3-4,7,10-12,14H2,(H2,25,30). The lowest BCUT2D eigenvalue weighted by Crippen LogP contribution is -2.38. The van der Waals surface area contributed by atoms with Crippen molar-refractivity contribution in [2.24, 2.45) is 5.73 Å². The number of amides is 2. The molecule has 9 nitrogen and oxygen atoms in total. The fourth-order valence-corrected chi connectivity index (χ4v) is 4.54. The molecule has 0 saturated carbocycles. The van der Waals surface area contributed by atoms with Gasteiger partial charge in [-0.3, -0.25) is 14.4 Å². The Morgan fingerprint density at radius 2 is 1.79 bits per heavy atom. The smallest absolute Gasteiger partial charge is 0.275 e. The molecule has 2 aliphatic heterocycles. The third kappa shape index (κ3) is 3.90. The summed E-state index contributed by atoms with van der Waals surface area (Å²) in [5.74, 6) is 0.393. The average Bonchev–Trinajstić information content (AvgIpc) is 3.19. The number of carbonyl (C=O) groups excluding carboxylic acids is 2. The zero-order valence-corrected chi connectivity index (χ0v) is 18.0. The third-order valence-corrected chi connectivity index (χ3v) is 6.12. The highest BCUT2D eigenvalue weighted by Gasteiger charge is 2.31. The third-order valence-electron chi connectivity index (χ3n) is 6.12. The first-order valence-corrected chi connectivity index (χ1v) is 11.0. The first kappa shape index (κ1) is 21.0. The minimum atomic E-state index is -0.751. The van der Waals surface area contributed by atoms with Gasteiger partial charge in [0, 0.05) is 18.4 Å². The fourth-order valence-electron chi connectivity index (χ4n) is 4.54. The second-order valence-electron chi connectivity index (χ2n) is 8.22.